The van der Waals surface area contributed by atoms with Gasteiger partial charge in [0.05, 0.1) is 18.8 Å². The number of primary amides is 1. The molecule has 0 aliphatic rings. The SMILES string of the molecule is NCCCCC(NC(=O)C(CC(N)=O)NC(=O)C(N)Cc1cnc[nH]1)C(=O)NC(Cc1ccccc1)C(=O)O. The Hall–Kier alpha value is -4.30. The number of carbonyl (C=O) groups excluding carboxylic acids is 4. The Labute approximate surface area is 225 Å². The maximum absolute atomic E-state index is 13.1. The summed E-state index contributed by atoms with van der Waals surface area (Å²) in [5, 5.41) is 17.0. The van der Waals surface area contributed by atoms with Crippen molar-refractivity contribution >= 4 is 29.6 Å². The van der Waals surface area contributed by atoms with Gasteiger partial charge >= 0.3 is 5.97 Å². The Kier molecular flexibility index (Phi) is 12.6. The van der Waals surface area contributed by atoms with Gasteiger partial charge in [0, 0.05) is 24.7 Å². The number of aromatic nitrogens is 2. The number of aromatic amines is 1. The van der Waals surface area contributed by atoms with E-state index in [0.29, 0.717) is 30.6 Å². The molecule has 0 bridgehead atoms. The van der Waals surface area contributed by atoms with Crippen LogP contribution in [0.5, 0.6) is 0 Å². The van der Waals surface area contributed by atoms with Gasteiger partial charge in [-0.05, 0) is 31.4 Å². The first-order valence-electron chi connectivity index (χ1n) is 12.5. The van der Waals surface area contributed by atoms with E-state index >= 15 is 0 Å². The third-order valence-electron chi connectivity index (χ3n) is 5.85. The zero-order chi connectivity index (χ0) is 28.8. The summed E-state index contributed by atoms with van der Waals surface area (Å²) in [4.78, 5) is 69.0. The smallest absolute Gasteiger partial charge is 0.326 e. The predicted octanol–water partition coefficient (Wildman–Crippen LogP) is -1.93. The molecule has 212 valence electrons. The number of nitrogens with zero attached hydrogens (tertiary/aromatic N) is 1. The molecule has 0 fully saturated rings. The number of aliphatic carboxylic acids is 1. The van der Waals surface area contributed by atoms with E-state index in [1.165, 1.54) is 12.5 Å². The highest BCUT2D eigenvalue weighted by Gasteiger charge is 2.31. The summed E-state index contributed by atoms with van der Waals surface area (Å²) in [5.74, 6) is -4.41. The summed E-state index contributed by atoms with van der Waals surface area (Å²) in [6.07, 6.45) is 3.64. The van der Waals surface area contributed by atoms with Gasteiger partial charge < -0.3 is 43.2 Å². The lowest BCUT2D eigenvalue weighted by Gasteiger charge is -2.25. The second kappa shape index (κ2) is 15.8. The average molecular weight is 545 g/mol. The molecule has 0 saturated heterocycles. The molecule has 0 aliphatic carbocycles. The van der Waals surface area contributed by atoms with Crippen LogP contribution in [0.15, 0.2) is 42.9 Å². The lowest BCUT2D eigenvalue weighted by molar-refractivity contribution is -0.142. The normalized spacial score (nSPS) is 13.9. The molecule has 0 aliphatic heterocycles. The highest BCUT2D eigenvalue weighted by Crippen LogP contribution is 2.07. The summed E-state index contributed by atoms with van der Waals surface area (Å²) in [6, 6.07) is 3.86. The van der Waals surface area contributed by atoms with E-state index in [1.807, 2.05) is 0 Å². The average Bonchev–Trinajstić information content (AvgIpc) is 3.40. The fraction of sp³-hybridized carbons (Fsp3) is 0.440. The van der Waals surface area contributed by atoms with E-state index in [4.69, 9.17) is 17.2 Å². The van der Waals surface area contributed by atoms with E-state index in [0.717, 1.165) is 0 Å². The molecule has 2 aromatic rings. The second-order valence-corrected chi connectivity index (χ2v) is 9.05. The van der Waals surface area contributed by atoms with Crippen LogP contribution >= 0.6 is 0 Å². The van der Waals surface area contributed by atoms with Gasteiger partial charge in [0.2, 0.25) is 23.6 Å². The van der Waals surface area contributed by atoms with Gasteiger partial charge in [0.25, 0.3) is 0 Å². The number of carboxylic acids is 1. The summed E-state index contributed by atoms with van der Waals surface area (Å²) >= 11 is 0. The summed E-state index contributed by atoms with van der Waals surface area (Å²) in [7, 11) is 0. The van der Waals surface area contributed by atoms with Gasteiger partial charge in [-0.1, -0.05) is 30.3 Å². The van der Waals surface area contributed by atoms with Crippen molar-refractivity contribution in [3.05, 3.63) is 54.1 Å². The van der Waals surface area contributed by atoms with Gasteiger partial charge in [-0.15, -0.1) is 0 Å². The van der Waals surface area contributed by atoms with Crippen LogP contribution in [0.3, 0.4) is 0 Å². The Balaban J connectivity index is 2.12. The molecule has 0 saturated carbocycles. The van der Waals surface area contributed by atoms with E-state index in [1.54, 1.807) is 30.3 Å². The summed E-state index contributed by atoms with van der Waals surface area (Å²) in [5.41, 5.74) is 18.0. The molecule has 4 unspecified atom stereocenters. The Morgan fingerprint density at radius 1 is 0.897 bits per heavy atom. The molecule has 0 spiro atoms. The minimum Gasteiger partial charge on any atom is -0.480 e. The second-order valence-electron chi connectivity index (χ2n) is 9.05. The molecular formula is C25H36N8O6. The predicted molar refractivity (Wildman–Crippen MR) is 141 cm³/mol. The van der Waals surface area contributed by atoms with Crippen LogP contribution in [0.25, 0.3) is 0 Å². The van der Waals surface area contributed by atoms with Crippen molar-refractivity contribution in [2.45, 2.75) is 62.7 Å². The van der Waals surface area contributed by atoms with Crippen LogP contribution in [-0.2, 0) is 36.8 Å². The lowest BCUT2D eigenvalue weighted by atomic mass is 10.0. The zero-order valence-corrected chi connectivity index (χ0v) is 21.5. The number of carbonyl (C=O) groups is 5. The number of hydrogen-bond acceptors (Lipinski definition) is 8. The van der Waals surface area contributed by atoms with Crippen LogP contribution in [0.4, 0.5) is 0 Å². The van der Waals surface area contributed by atoms with Crippen LogP contribution in [0.1, 0.15) is 36.9 Å². The van der Waals surface area contributed by atoms with Crippen molar-refractivity contribution in [3.63, 3.8) is 0 Å². The van der Waals surface area contributed by atoms with E-state index in [-0.39, 0.29) is 19.3 Å². The fourth-order valence-electron chi connectivity index (χ4n) is 3.77. The van der Waals surface area contributed by atoms with Crippen molar-refractivity contribution in [1.82, 2.24) is 25.9 Å². The fourth-order valence-corrected chi connectivity index (χ4v) is 3.77. The number of carboxylic acid groups (broad SMARTS) is 1. The molecule has 39 heavy (non-hydrogen) atoms. The quantitative estimate of drug-likeness (QED) is 0.103. The molecule has 14 heteroatoms. The number of unbranched alkanes of at least 4 members (excludes halogenated alkanes) is 1. The summed E-state index contributed by atoms with van der Waals surface area (Å²) < 4.78 is 0. The molecular weight excluding hydrogens is 508 g/mol. The van der Waals surface area contributed by atoms with Gasteiger partial charge in [0.1, 0.15) is 18.1 Å². The Bertz CT molecular complexity index is 1100. The van der Waals surface area contributed by atoms with E-state index < -0.39 is 60.2 Å². The molecule has 14 nitrogen and oxygen atoms in total. The summed E-state index contributed by atoms with van der Waals surface area (Å²) in [6.45, 7) is 0.350. The van der Waals surface area contributed by atoms with Crippen molar-refractivity contribution in [2.75, 3.05) is 6.54 Å². The minimum absolute atomic E-state index is 0.0277. The first-order chi connectivity index (χ1) is 18.6. The van der Waals surface area contributed by atoms with E-state index in [2.05, 4.69) is 25.9 Å². The maximum atomic E-state index is 13.1. The van der Waals surface area contributed by atoms with Crippen LogP contribution in [0.2, 0.25) is 0 Å². The van der Waals surface area contributed by atoms with Gasteiger partial charge in [-0.3, -0.25) is 19.2 Å². The molecule has 1 heterocycles. The number of benzene rings is 1. The highest BCUT2D eigenvalue weighted by atomic mass is 16.4. The number of hydrogen-bond donors (Lipinski definition) is 8. The van der Waals surface area contributed by atoms with Crippen molar-refractivity contribution in [1.29, 1.82) is 0 Å². The number of H-pyrrole nitrogens is 1. The lowest BCUT2D eigenvalue weighted by Crippen LogP contribution is -2.58. The number of amides is 4. The first kappa shape index (κ1) is 30.9. The Morgan fingerprint density at radius 2 is 1.54 bits per heavy atom. The van der Waals surface area contributed by atoms with Crippen LogP contribution in [0, 0.1) is 0 Å². The van der Waals surface area contributed by atoms with Gasteiger partial charge in [-0.2, -0.15) is 0 Å². The molecule has 1 aromatic carbocycles. The van der Waals surface area contributed by atoms with Crippen molar-refractivity contribution in [3.8, 4) is 0 Å². The number of nitrogens with one attached hydrogen (secondary N) is 4. The zero-order valence-electron chi connectivity index (χ0n) is 21.5. The monoisotopic (exact) mass is 544 g/mol. The highest BCUT2D eigenvalue weighted by molar-refractivity contribution is 5.96. The molecule has 4 amide bonds. The van der Waals surface area contributed by atoms with E-state index in [9.17, 15) is 29.1 Å². The van der Waals surface area contributed by atoms with Crippen LogP contribution < -0.4 is 33.2 Å². The largest absolute Gasteiger partial charge is 0.480 e. The molecule has 0 radical (unpaired) electrons. The molecule has 4 atom stereocenters. The first-order valence-corrected chi connectivity index (χ1v) is 12.5. The topological polar surface area (TPSA) is 248 Å². The third kappa shape index (κ3) is 10.9. The van der Waals surface area contributed by atoms with Gasteiger partial charge in [0.15, 0.2) is 0 Å². The Morgan fingerprint density at radius 3 is 2.13 bits per heavy atom. The number of nitrogens with two attached hydrogens (primary N) is 3. The molecule has 11 N–H and O–H groups in total. The molecule has 2 rings (SSSR count). The number of rotatable bonds is 17. The van der Waals surface area contributed by atoms with Gasteiger partial charge in [-0.25, -0.2) is 9.78 Å². The van der Waals surface area contributed by atoms with Crippen LogP contribution in [-0.4, -0.2) is 75.4 Å². The van der Waals surface area contributed by atoms with Crippen molar-refractivity contribution < 1.29 is 29.1 Å². The number of imidazole rings is 1. The maximum Gasteiger partial charge on any atom is 0.326 e. The third-order valence-corrected chi connectivity index (χ3v) is 5.85. The standard InChI is InChI=1S/C25H36N8O6/c26-9-5-4-8-18(23(36)33-20(25(38)39)10-15-6-2-1-3-7-15)31-24(37)19(12-21(28)34)32-22(35)17(27)11-16-13-29-14-30-16/h1-3,6-7,13-14,17-20H,4-5,8-12,26-27H2,(H2,28,34)(H,29,30)(H,31,37)(H,32,35)(H,33,36)(H,38,39). The molecule has 1 aromatic heterocycles. The van der Waals surface area contributed by atoms with Crippen molar-refractivity contribution in [2.24, 2.45) is 17.2 Å². The minimum atomic E-state index is -1.41.